The molecule has 3 fully saturated rings. The summed E-state index contributed by atoms with van der Waals surface area (Å²) in [7, 11) is 0. The number of rotatable bonds is 5. The Kier molecular flexibility index (Phi) is 4.34. The van der Waals surface area contributed by atoms with Crippen molar-refractivity contribution >= 4 is 17.7 Å². The summed E-state index contributed by atoms with van der Waals surface area (Å²) in [5, 5.41) is 11.9. The number of hydrogen-bond donors (Lipinski definition) is 2. The standard InChI is InChI=1S/C19H23FN2O4/c1-10(24)21-7-13-8-22(19(25)26-13)12-2-3-14(18(20)6-12)11-4-15-16(5-11)17(15)9-23/h2-3,6,11,13,15-17,23H,4-5,7-9H2,1H3,(H,21,24)/t11?,13-,15?,16?,17?/m0/s1. The van der Waals surface area contributed by atoms with E-state index in [9.17, 15) is 19.1 Å². The third-order valence-corrected chi connectivity index (χ3v) is 6.02. The number of cyclic esters (lactones) is 1. The van der Waals surface area contributed by atoms with Crippen molar-refractivity contribution in [2.45, 2.75) is 31.8 Å². The van der Waals surface area contributed by atoms with Crippen LogP contribution < -0.4 is 10.2 Å². The molecular formula is C19H23FN2O4. The zero-order valence-electron chi connectivity index (χ0n) is 14.7. The molecule has 2 N–H and O–H groups in total. The lowest BCUT2D eigenvalue weighted by Gasteiger charge is -2.18. The molecule has 26 heavy (non-hydrogen) atoms. The van der Waals surface area contributed by atoms with Gasteiger partial charge in [-0.05, 0) is 54.2 Å². The number of aliphatic hydroxyl groups excluding tert-OH is 1. The fraction of sp³-hybridized carbons (Fsp3) is 0.579. The van der Waals surface area contributed by atoms with Crippen molar-refractivity contribution in [1.29, 1.82) is 0 Å². The van der Waals surface area contributed by atoms with Gasteiger partial charge in [0.1, 0.15) is 11.9 Å². The van der Waals surface area contributed by atoms with Gasteiger partial charge in [-0.25, -0.2) is 9.18 Å². The minimum atomic E-state index is -0.527. The predicted octanol–water partition coefficient (Wildman–Crippen LogP) is 2.02. The Morgan fingerprint density at radius 1 is 1.38 bits per heavy atom. The quantitative estimate of drug-likeness (QED) is 0.840. The Morgan fingerprint density at radius 2 is 2.12 bits per heavy atom. The molecule has 6 nitrogen and oxygen atoms in total. The second-order valence-corrected chi connectivity index (χ2v) is 7.60. The topological polar surface area (TPSA) is 78.9 Å². The summed E-state index contributed by atoms with van der Waals surface area (Å²) in [6.45, 7) is 2.16. The van der Waals surface area contributed by atoms with Gasteiger partial charge in [-0.2, -0.15) is 0 Å². The highest BCUT2D eigenvalue weighted by Crippen LogP contribution is 2.62. The number of ether oxygens (including phenoxy) is 1. The summed E-state index contributed by atoms with van der Waals surface area (Å²) < 4.78 is 19.9. The number of benzene rings is 1. The van der Waals surface area contributed by atoms with E-state index in [1.54, 1.807) is 12.1 Å². The molecule has 2 aliphatic carbocycles. The molecule has 2 amide bonds. The van der Waals surface area contributed by atoms with E-state index in [1.165, 1.54) is 17.9 Å². The van der Waals surface area contributed by atoms with Crippen molar-refractivity contribution < 1.29 is 23.8 Å². The zero-order valence-corrected chi connectivity index (χ0v) is 14.7. The van der Waals surface area contributed by atoms with Crippen LogP contribution in [-0.4, -0.2) is 42.9 Å². The van der Waals surface area contributed by atoms with Crippen molar-refractivity contribution in [3.8, 4) is 0 Å². The molecule has 7 heteroatoms. The number of halogens is 1. The number of nitrogens with one attached hydrogen (secondary N) is 1. The van der Waals surface area contributed by atoms with E-state index < -0.39 is 12.2 Å². The second kappa shape index (κ2) is 6.54. The van der Waals surface area contributed by atoms with Crippen LogP contribution in [0.1, 0.15) is 31.2 Å². The highest BCUT2D eigenvalue weighted by molar-refractivity contribution is 5.89. The van der Waals surface area contributed by atoms with Gasteiger partial charge in [0.25, 0.3) is 0 Å². The van der Waals surface area contributed by atoms with Gasteiger partial charge in [0, 0.05) is 13.5 Å². The van der Waals surface area contributed by atoms with E-state index >= 15 is 0 Å². The van der Waals surface area contributed by atoms with Crippen LogP contribution >= 0.6 is 0 Å². The molecule has 0 aromatic heterocycles. The Morgan fingerprint density at radius 3 is 2.73 bits per heavy atom. The minimum Gasteiger partial charge on any atom is -0.442 e. The normalized spacial score (nSPS) is 32.3. The Labute approximate surface area is 151 Å². The average Bonchev–Trinajstić information content (AvgIpc) is 2.93. The van der Waals surface area contributed by atoms with Gasteiger partial charge in [-0.1, -0.05) is 6.07 Å². The number of hydrogen-bond acceptors (Lipinski definition) is 4. The summed E-state index contributed by atoms with van der Waals surface area (Å²) in [6, 6.07) is 4.92. The van der Waals surface area contributed by atoms with E-state index in [2.05, 4.69) is 5.32 Å². The fourth-order valence-corrected chi connectivity index (χ4v) is 4.61. The van der Waals surface area contributed by atoms with Gasteiger partial charge in [-0.3, -0.25) is 9.69 Å². The first kappa shape index (κ1) is 17.3. The Balaban J connectivity index is 1.42. The van der Waals surface area contributed by atoms with Gasteiger partial charge >= 0.3 is 6.09 Å². The first-order valence-corrected chi connectivity index (χ1v) is 9.10. The van der Waals surface area contributed by atoms with Crippen molar-refractivity contribution in [2.24, 2.45) is 17.8 Å². The van der Waals surface area contributed by atoms with Crippen molar-refractivity contribution in [3.63, 3.8) is 0 Å². The number of carbonyl (C=O) groups is 2. The molecule has 2 unspecified atom stereocenters. The largest absolute Gasteiger partial charge is 0.442 e. The minimum absolute atomic E-state index is 0.187. The van der Waals surface area contributed by atoms with Crippen LogP contribution in [0.4, 0.5) is 14.9 Å². The van der Waals surface area contributed by atoms with Crippen LogP contribution in [0.5, 0.6) is 0 Å². The summed E-state index contributed by atoms with van der Waals surface area (Å²) in [4.78, 5) is 24.4. The van der Waals surface area contributed by atoms with Gasteiger partial charge in [0.2, 0.25) is 5.91 Å². The highest BCUT2D eigenvalue weighted by atomic mass is 19.1. The van der Waals surface area contributed by atoms with Crippen LogP contribution in [0.15, 0.2) is 18.2 Å². The highest BCUT2D eigenvalue weighted by Gasteiger charge is 2.55. The Hall–Kier alpha value is -2.15. The molecule has 0 radical (unpaired) electrons. The smallest absolute Gasteiger partial charge is 0.414 e. The second-order valence-electron chi connectivity index (χ2n) is 7.60. The summed E-state index contributed by atoms with van der Waals surface area (Å²) in [5.41, 5.74) is 1.16. The van der Waals surface area contributed by atoms with E-state index in [4.69, 9.17) is 4.74 Å². The van der Waals surface area contributed by atoms with Crippen molar-refractivity contribution in [2.75, 3.05) is 24.6 Å². The first-order valence-electron chi connectivity index (χ1n) is 9.10. The maximum absolute atomic E-state index is 14.7. The monoisotopic (exact) mass is 362 g/mol. The predicted molar refractivity (Wildman–Crippen MR) is 92.2 cm³/mol. The molecule has 3 aliphatic rings. The van der Waals surface area contributed by atoms with Crippen molar-refractivity contribution in [3.05, 3.63) is 29.6 Å². The molecule has 2 saturated carbocycles. The fourth-order valence-electron chi connectivity index (χ4n) is 4.61. The molecule has 1 aliphatic heterocycles. The van der Waals surface area contributed by atoms with Crippen LogP contribution in [0.25, 0.3) is 0 Å². The molecule has 140 valence electrons. The van der Waals surface area contributed by atoms with Crippen LogP contribution in [-0.2, 0) is 9.53 Å². The zero-order chi connectivity index (χ0) is 18.4. The van der Waals surface area contributed by atoms with Crippen LogP contribution in [0, 0.1) is 23.6 Å². The third-order valence-electron chi connectivity index (χ3n) is 6.02. The molecule has 1 aromatic rings. The molecule has 1 aromatic carbocycles. The average molecular weight is 362 g/mol. The van der Waals surface area contributed by atoms with E-state index in [1.807, 2.05) is 0 Å². The third kappa shape index (κ3) is 3.05. The maximum Gasteiger partial charge on any atom is 0.414 e. The molecule has 4 rings (SSSR count). The van der Waals surface area contributed by atoms with E-state index in [0.717, 1.165) is 12.8 Å². The summed E-state index contributed by atoms with van der Waals surface area (Å²) >= 11 is 0. The number of nitrogens with zero attached hydrogens (tertiary/aromatic N) is 1. The van der Waals surface area contributed by atoms with Gasteiger partial charge in [0.15, 0.2) is 0 Å². The van der Waals surface area contributed by atoms with E-state index in [0.29, 0.717) is 29.0 Å². The van der Waals surface area contributed by atoms with Gasteiger partial charge < -0.3 is 15.2 Å². The van der Waals surface area contributed by atoms with Crippen molar-refractivity contribution in [1.82, 2.24) is 5.32 Å². The SMILES string of the molecule is CC(=O)NC[C@H]1CN(c2ccc(C3CC4C(CO)C4C3)c(F)c2)C(=O)O1. The van der Waals surface area contributed by atoms with Gasteiger partial charge in [-0.15, -0.1) is 0 Å². The molecule has 0 bridgehead atoms. The number of anilines is 1. The number of amides is 2. The molecule has 0 spiro atoms. The van der Waals surface area contributed by atoms with Crippen LogP contribution in [0.3, 0.4) is 0 Å². The molecule has 3 atom stereocenters. The number of carbonyl (C=O) groups excluding carboxylic acids is 2. The maximum atomic E-state index is 14.7. The summed E-state index contributed by atoms with van der Waals surface area (Å²) in [6.07, 6.45) is 0.889. The first-order chi connectivity index (χ1) is 12.5. The molecule has 1 heterocycles. The lowest BCUT2D eigenvalue weighted by Crippen LogP contribution is -2.33. The summed E-state index contributed by atoms with van der Waals surface area (Å²) in [5.74, 6) is 1.19. The van der Waals surface area contributed by atoms with Crippen LogP contribution in [0.2, 0.25) is 0 Å². The van der Waals surface area contributed by atoms with Gasteiger partial charge in [0.05, 0.1) is 18.8 Å². The lowest BCUT2D eigenvalue weighted by molar-refractivity contribution is -0.119. The number of aliphatic hydroxyl groups is 1. The Bertz CT molecular complexity index is 728. The lowest BCUT2D eigenvalue weighted by atomic mass is 9.91. The van der Waals surface area contributed by atoms with E-state index in [-0.39, 0.29) is 37.3 Å². The molecule has 1 saturated heterocycles. The molecular weight excluding hydrogens is 339 g/mol. The number of fused-ring (bicyclic) bond motifs is 1.